The molecular weight excluding hydrogens is 218 g/mol. The third-order valence-corrected chi connectivity index (χ3v) is 1.95. The van der Waals surface area contributed by atoms with Crippen molar-refractivity contribution in [1.29, 1.82) is 5.26 Å². The van der Waals surface area contributed by atoms with Gasteiger partial charge >= 0.3 is 5.97 Å². The number of hydrogen-bond acceptors (Lipinski definition) is 5. The fourth-order valence-corrected chi connectivity index (χ4v) is 1.18. The summed E-state index contributed by atoms with van der Waals surface area (Å²) in [5.41, 5.74) is 0.377. The van der Waals surface area contributed by atoms with E-state index < -0.39 is 5.97 Å². The first-order valence-corrected chi connectivity index (χ1v) is 5.15. The Morgan fingerprint density at radius 1 is 1.59 bits per heavy atom. The highest BCUT2D eigenvalue weighted by Crippen LogP contribution is 2.10. The van der Waals surface area contributed by atoms with Crippen LogP contribution in [0.1, 0.15) is 13.8 Å². The summed E-state index contributed by atoms with van der Waals surface area (Å²) in [6.45, 7) is 3.56. The molecule has 0 bridgehead atoms. The number of anilines is 1. The Labute approximate surface area is 99.7 Å². The third kappa shape index (κ3) is 3.61. The van der Waals surface area contributed by atoms with Gasteiger partial charge in [-0.25, -0.2) is 9.78 Å². The van der Waals surface area contributed by atoms with Gasteiger partial charge < -0.3 is 10.1 Å². The number of nitrogens with one attached hydrogen (secondary N) is 1. The van der Waals surface area contributed by atoms with Gasteiger partial charge in [-0.05, 0) is 26.0 Å². The molecule has 0 fully saturated rings. The molecule has 0 atom stereocenters. The smallest absolute Gasteiger partial charge is 0.350 e. The van der Waals surface area contributed by atoms with Crippen molar-refractivity contribution < 1.29 is 9.53 Å². The third-order valence-electron chi connectivity index (χ3n) is 1.95. The van der Waals surface area contributed by atoms with Gasteiger partial charge in [-0.1, -0.05) is 6.07 Å². The van der Waals surface area contributed by atoms with E-state index in [4.69, 9.17) is 10.00 Å². The first kappa shape index (κ1) is 12.7. The summed E-state index contributed by atoms with van der Waals surface area (Å²) < 4.78 is 4.77. The number of carbonyl (C=O) groups is 1. The van der Waals surface area contributed by atoms with Crippen molar-refractivity contribution in [2.24, 2.45) is 0 Å². The van der Waals surface area contributed by atoms with Crippen molar-refractivity contribution in [3.63, 3.8) is 0 Å². The molecular formula is C12H13N3O2. The lowest BCUT2D eigenvalue weighted by Crippen LogP contribution is -2.11. The van der Waals surface area contributed by atoms with Crippen molar-refractivity contribution in [3.8, 4) is 6.07 Å². The molecule has 0 spiro atoms. The van der Waals surface area contributed by atoms with Crippen LogP contribution in [0.3, 0.4) is 0 Å². The average Bonchev–Trinajstić information content (AvgIpc) is 2.31. The molecule has 17 heavy (non-hydrogen) atoms. The number of ether oxygens (including phenoxy) is 1. The van der Waals surface area contributed by atoms with Crippen LogP contribution in [-0.4, -0.2) is 17.6 Å². The van der Waals surface area contributed by atoms with Crippen LogP contribution in [0.2, 0.25) is 0 Å². The Morgan fingerprint density at radius 2 is 2.35 bits per heavy atom. The predicted molar refractivity (Wildman–Crippen MR) is 62.8 cm³/mol. The van der Waals surface area contributed by atoms with Crippen LogP contribution in [0.4, 0.5) is 5.82 Å². The number of esters is 1. The molecule has 5 heteroatoms. The largest absolute Gasteiger partial charge is 0.462 e. The first-order chi connectivity index (χ1) is 8.19. The first-order valence-electron chi connectivity index (χ1n) is 5.15. The van der Waals surface area contributed by atoms with Gasteiger partial charge in [0, 0.05) is 11.9 Å². The molecule has 0 aliphatic carbocycles. The van der Waals surface area contributed by atoms with Crippen molar-refractivity contribution >= 4 is 11.8 Å². The Kier molecular flexibility index (Phi) is 4.70. The fourth-order valence-electron chi connectivity index (χ4n) is 1.18. The second-order valence-corrected chi connectivity index (χ2v) is 3.17. The number of nitriles is 1. The minimum Gasteiger partial charge on any atom is -0.462 e. The van der Waals surface area contributed by atoms with Crippen LogP contribution >= 0.6 is 0 Å². The van der Waals surface area contributed by atoms with Crippen molar-refractivity contribution in [3.05, 3.63) is 35.7 Å². The van der Waals surface area contributed by atoms with E-state index >= 15 is 0 Å². The zero-order valence-corrected chi connectivity index (χ0v) is 9.73. The van der Waals surface area contributed by atoms with Crippen LogP contribution in [0.25, 0.3) is 0 Å². The number of rotatable bonds is 4. The summed E-state index contributed by atoms with van der Waals surface area (Å²) in [6, 6.07) is 7.14. The van der Waals surface area contributed by atoms with E-state index in [1.54, 1.807) is 38.2 Å². The number of carbonyl (C=O) groups excluding carboxylic acids is 1. The summed E-state index contributed by atoms with van der Waals surface area (Å²) in [5.74, 6) is -0.0574. The van der Waals surface area contributed by atoms with Gasteiger partial charge in [0.05, 0.1) is 6.61 Å². The molecule has 1 rings (SSSR count). The highest BCUT2D eigenvalue weighted by Gasteiger charge is 2.13. The average molecular weight is 231 g/mol. The van der Waals surface area contributed by atoms with E-state index in [2.05, 4.69) is 10.3 Å². The fraction of sp³-hybridized carbons (Fsp3) is 0.250. The highest BCUT2D eigenvalue weighted by molar-refractivity contribution is 5.94. The van der Waals surface area contributed by atoms with Crippen molar-refractivity contribution in [1.82, 2.24) is 4.98 Å². The lowest BCUT2D eigenvalue weighted by molar-refractivity contribution is -0.138. The standard InChI is InChI=1S/C12H13N3O2/c1-3-17-12(16)10(8-13)9(2)15-11-6-4-5-7-14-11/h4-7H,3H2,1-2H3,(H,14,15). The molecule has 1 heterocycles. The van der Waals surface area contributed by atoms with Crippen molar-refractivity contribution in [2.75, 3.05) is 11.9 Å². The summed E-state index contributed by atoms with van der Waals surface area (Å²) in [7, 11) is 0. The van der Waals surface area contributed by atoms with E-state index in [0.29, 0.717) is 11.5 Å². The zero-order valence-electron chi connectivity index (χ0n) is 9.73. The molecule has 0 radical (unpaired) electrons. The summed E-state index contributed by atoms with van der Waals surface area (Å²) in [4.78, 5) is 15.5. The molecule has 0 saturated carbocycles. The van der Waals surface area contributed by atoms with E-state index in [0.717, 1.165) is 0 Å². The van der Waals surface area contributed by atoms with Gasteiger partial charge in [0.15, 0.2) is 5.57 Å². The topological polar surface area (TPSA) is 75.0 Å². The van der Waals surface area contributed by atoms with Crippen LogP contribution in [0.15, 0.2) is 35.7 Å². The molecule has 88 valence electrons. The Hall–Kier alpha value is -2.35. The predicted octanol–water partition coefficient (Wildman–Crippen LogP) is 1.85. The Balaban J connectivity index is 2.88. The molecule has 0 aliphatic rings. The second-order valence-electron chi connectivity index (χ2n) is 3.17. The van der Waals surface area contributed by atoms with Gasteiger partial charge in [-0.3, -0.25) is 0 Å². The summed E-state index contributed by atoms with van der Waals surface area (Å²) >= 11 is 0. The molecule has 1 aromatic rings. The molecule has 1 aromatic heterocycles. The Bertz CT molecular complexity index is 460. The number of pyridine rings is 1. The van der Waals surface area contributed by atoms with Crippen molar-refractivity contribution in [2.45, 2.75) is 13.8 Å². The normalized spacial score (nSPS) is 11.1. The molecule has 1 N–H and O–H groups in total. The van der Waals surface area contributed by atoms with Crippen LogP contribution < -0.4 is 5.32 Å². The lowest BCUT2D eigenvalue weighted by atomic mass is 10.2. The monoisotopic (exact) mass is 231 g/mol. The minimum absolute atomic E-state index is 0.0440. The van der Waals surface area contributed by atoms with E-state index in [1.165, 1.54) is 0 Å². The second kappa shape index (κ2) is 6.28. The van der Waals surface area contributed by atoms with Gasteiger partial charge in [-0.2, -0.15) is 5.26 Å². The minimum atomic E-state index is -0.629. The van der Waals surface area contributed by atoms with Gasteiger partial charge in [-0.15, -0.1) is 0 Å². The molecule has 0 amide bonds. The number of aromatic nitrogens is 1. The number of nitrogens with zero attached hydrogens (tertiary/aromatic N) is 2. The van der Waals surface area contributed by atoms with E-state index in [1.807, 2.05) is 6.07 Å². The maximum absolute atomic E-state index is 11.4. The maximum atomic E-state index is 11.4. The quantitative estimate of drug-likeness (QED) is 0.486. The molecule has 0 aliphatic heterocycles. The van der Waals surface area contributed by atoms with E-state index in [-0.39, 0.29) is 12.2 Å². The maximum Gasteiger partial charge on any atom is 0.350 e. The zero-order chi connectivity index (χ0) is 12.7. The van der Waals surface area contributed by atoms with E-state index in [9.17, 15) is 4.79 Å². The molecule has 5 nitrogen and oxygen atoms in total. The number of allylic oxidation sites excluding steroid dienone is 1. The summed E-state index contributed by atoms with van der Waals surface area (Å²) in [5, 5.41) is 11.8. The van der Waals surface area contributed by atoms with Crippen LogP contribution in [0.5, 0.6) is 0 Å². The van der Waals surface area contributed by atoms with Gasteiger partial charge in [0.25, 0.3) is 0 Å². The Morgan fingerprint density at radius 3 is 2.88 bits per heavy atom. The van der Waals surface area contributed by atoms with Crippen LogP contribution in [0, 0.1) is 11.3 Å². The van der Waals surface area contributed by atoms with Crippen LogP contribution in [-0.2, 0) is 9.53 Å². The highest BCUT2D eigenvalue weighted by atomic mass is 16.5. The molecule has 0 aromatic carbocycles. The van der Waals surface area contributed by atoms with Gasteiger partial charge in [0.1, 0.15) is 11.9 Å². The SMILES string of the molecule is CCOC(=O)C(C#N)=C(C)Nc1ccccn1. The van der Waals surface area contributed by atoms with Gasteiger partial charge in [0.2, 0.25) is 0 Å². The number of hydrogen-bond donors (Lipinski definition) is 1. The lowest BCUT2D eigenvalue weighted by Gasteiger charge is -2.07. The summed E-state index contributed by atoms with van der Waals surface area (Å²) in [6.07, 6.45) is 1.62. The molecule has 0 unspecified atom stereocenters. The molecule has 0 saturated heterocycles.